The van der Waals surface area contributed by atoms with E-state index in [0.29, 0.717) is 31.7 Å². The van der Waals surface area contributed by atoms with Crippen LogP contribution in [0.4, 0.5) is 0 Å². The van der Waals surface area contributed by atoms with Gasteiger partial charge >= 0.3 is 0 Å². The van der Waals surface area contributed by atoms with Crippen LogP contribution in [0.25, 0.3) is 0 Å². The van der Waals surface area contributed by atoms with Gasteiger partial charge in [-0.3, -0.25) is 19.5 Å². The summed E-state index contributed by atoms with van der Waals surface area (Å²) in [6.45, 7) is 3.01. The van der Waals surface area contributed by atoms with Crippen molar-refractivity contribution in [2.75, 3.05) is 54.5 Å². The number of carbonyl (C=O) groups excluding carboxylic acids is 2. The molecule has 4 rings (SSSR count). The van der Waals surface area contributed by atoms with Crippen molar-refractivity contribution < 1.29 is 19.1 Å². The molecule has 2 atom stereocenters. The second-order valence-corrected chi connectivity index (χ2v) is 8.82. The maximum absolute atomic E-state index is 13.4. The Morgan fingerprint density at radius 3 is 2.50 bits per heavy atom. The summed E-state index contributed by atoms with van der Waals surface area (Å²) < 4.78 is 10.9. The van der Waals surface area contributed by atoms with Gasteiger partial charge in [-0.25, -0.2) is 0 Å². The van der Waals surface area contributed by atoms with Crippen LogP contribution in [0, 0.1) is 11.3 Å². The molecule has 2 aliphatic rings. The molecule has 0 unspecified atom stereocenters. The van der Waals surface area contributed by atoms with Crippen molar-refractivity contribution >= 4 is 11.8 Å². The lowest BCUT2D eigenvalue weighted by Crippen LogP contribution is -2.47. The van der Waals surface area contributed by atoms with Gasteiger partial charge in [-0.2, -0.15) is 0 Å². The molecule has 2 aliphatic heterocycles. The van der Waals surface area contributed by atoms with E-state index >= 15 is 0 Å². The third-order valence-corrected chi connectivity index (χ3v) is 6.61. The molecule has 170 valence electrons. The molecule has 8 nitrogen and oxygen atoms in total. The summed E-state index contributed by atoms with van der Waals surface area (Å²) in [5.41, 5.74) is 1.05. The first-order valence-electron chi connectivity index (χ1n) is 10.7. The van der Waals surface area contributed by atoms with E-state index in [4.69, 9.17) is 9.47 Å². The second-order valence-electron chi connectivity index (χ2n) is 8.82. The van der Waals surface area contributed by atoms with Gasteiger partial charge < -0.3 is 19.3 Å². The predicted octanol–water partition coefficient (Wildman–Crippen LogP) is 1.76. The van der Waals surface area contributed by atoms with E-state index in [2.05, 4.69) is 9.88 Å². The maximum Gasteiger partial charge on any atom is 0.254 e. The zero-order valence-electron chi connectivity index (χ0n) is 19.1. The van der Waals surface area contributed by atoms with Crippen LogP contribution in [-0.2, 0) is 11.3 Å². The average Bonchev–Trinajstić information content (AvgIpc) is 3.33. The van der Waals surface area contributed by atoms with Gasteiger partial charge in [-0.05, 0) is 18.2 Å². The maximum atomic E-state index is 13.4. The Hall–Kier alpha value is -3.13. The minimum Gasteiger partial charge on any atom is -0.497 e. The summed E-state index contributed by atoms with van der Waals surface area (Å²) in [5.74, 6) is 1.62. The number of ether oxygens (including phenoxy) is 2. The molecule has 2 amide bonds. The van der Waals surface area contributed by atoms with Crippen molar-refractivity contribution in [3.05, 3.63) is 53.9 Å². The van der Waals surface area contributed by atoms with Crippen molar-refractivity contribution in [1.29, 1.82) is 0 Å². The number of hydrogen-bond donors (Lipinski definition) is 0. The molecule has 0 bridgehead atoms. The molecule has 2 saturated heterocycles. The van der Waals surface area contributed by atoms with E-state index < -0.39 is 5.41 Å². The fourth-order valence-electron chi connectivity index (χ4n) is 5.09. The first kappa shape index (κ1) is 22.1. The zero-order valence-corrected chi connectivity index (χ0v) is 19.1. The van der Waals surface area contributed by atoms with Crippen molar-refractivity contribution in [3.63, 3.8) is 0 Å². The van der Waals surface area contributed by atoms with Gasteiger partial charge in [0.05, 0.1) is 19.6 Å². The number of hydrogen-bond acceptors (Lipinski definition) is 6. The zero-order chi connectivity index (χ0) is 22.9. The number of methoxy groups -OCH3 is 2. The molecule has 0 saturated carbocycles. The van der Waals surface area contributed by atoms with E-state index in [-0.39, 0.29) is 17.7 Å². The lowest BCUT2D eigenvalue weighted by atomic mass is 9.80. The number of rotatable bonds is 6. The van der Waals surface area contributed by atoms with Gasteiger partial charge in [-0.1, -0.05) is 6.07 Å². The molecule has 2 aromatic rings. The van der Waals surface area contributed by atoms with E-state index in [1.54, 1.807) is 57.7 Å². The largest absolute Gasteiger partial charge is 0.497 e. The Morgan fingerprint density at radius 2 is 1.84 bits per heavy atom. The van der Waals surface area contributed by atoms with E-state index in [0.717, 1.165) is 23.6 Å². The Kier molecular flexibility index (Phi) is 6.06. The SMILES string of the molecule is COc1ccc(CN2C[C@@H]3CN(C(=O)c4ccncc4)C[C@]3(C(=O)N(C)C)C2)c(OC)c1. The molecule has 32 heavy (non-hydrogen) atoms. The molecular weight excluding hydrogens is 408 g/mol. The van der Waals surface area contributed by atoms with Crippen LogP contribution in [0.1, 0.15) is 15.9 Å². The smallest absolute Gasteiger partial charge is 0.254 e. The number of aromatic nitrogens is 1. The fraction of sp³-hybridized carbons (Fsp3) is 0.458. The second kappa shape index (κ2) is 8.78. The normalized spacial score (nSPS) is 22.5. The lowest BCUT2D eigenvalue weighted by molar-refractivity contribution is -0.139. The van der Waals surface area contributed by atoms with Gasteiger partial charge in [0, 0.05) is 82.3 Å². The van der Waals surface area contributed by atoms with Gasteiger partial charge in [-0.15, -0.1) is 0 Å². The molecule has 2 fully saturated rings. The van der Waals surface area contributed by atoms with Crippen molar-refractivity contribution in [3.8, 4) is 11.5 Å². The highest BCUT2D eigenvalue weighted by Crippen LogP contribution is 2.45. The van der Waals surface area contributed by atoms with Crippen molar-refractivity contribution in [2.24, 2.45) is 11.3 Å². The van der Waals surface area contributed by atoms with Crippen LogP contribution < -0.4 is 9.47 Å². The topological polar surface area (TPSA) is 75.2 Å². The summed E-state index contributed by atoms with van der Waals surface area (Å²) in [4.78, 5) is 36.2. The Labute approximate surface area is 188 Å². The highest BCUT2D eigenvalue weighted by atomic mass is 16.5. The molecule has 0 aliphatic carbocycles. The van der Waals surface area contributed by atoms with Crippen molar-refractivity contribution in [1.82, 2.24) is 19.7 Å². The first-order chi connectivity index (χ1) is 15.4. The van der Waals surface area contributed by atoms with Gasteiger partial charge in [0.15, 0.2) is 0 Å². The number of likely N-dealkylation sites (tertiary alicyclic amines) is 2. The molecular formula is C24H30N4O4. The standard InChI is InChI=1S/C24H30N4O4/c1-26(2)23(30)24-15-27(12-18-5-6-20(31-3)11-21(18)32-4)13-19(24)14-28(16-24)22(29)17-7-9-25-10-8-17/h5-11,19H,12-16H2,1-4H3/t19-,24-/m1/s1. The first-order valence-corrected chi connectivity index (χ1v) is 10.7. The van der Waals surface area contributed by atoms with Crippen LogP contribution in [0.15, 0.2) is 42.7 Å². The Balaban J connectivity index is 1.55. The lowest BCUT2D eigenvalue weighted by Gasteiger charge is -2.31. The minimum atomic E-state index is -0.605. The molecule has 3 heterocycles. The van der Waals surface area contributed by atoms with E-state index in [9.17, 15) is 9.59 Å². The van der Waals surface area contributed by atoms with Crippen LogP contribution in [0.2, 0.25) is 0 Å². The summed E-state index contributed by atoms with van der Waals surface area (Å²) >= 11 is 0. The number of amides is 2. The Bertz CT molecular complexity index is 997. The number of pyridine rings is 1. The predicted molar refractivity (Wildman–Crippen MR) is 120 cm³/mol. The molecule has 0 N–H and O–H groups in total. The summed E-state index contributed by atoms with van der Waals surface area (Å²) in [5, 5.41) is 0. The highest BCUT2D eigenvalue weighted by molar-refractivity contribution is 5.95. The monoisotopic (exact) mass is 438 g/mol. The summed E-state index contributed by atoms with van der Waals surface area (Å²) in [6, 6.07) is 9.25. The highest BCUT2D eigenvalue weighted by Gasteiger charge is 2.58. The third kappa shape index (κ3) is 3.90. The van der Waals surface area contributed by atoms with Gasteiger partial charge in [0.1, 0.15) is 11.5 Å². The number of nitrogens with zero attached hydrogens (tertiary/aromatic N) is 4. The van der Waals surface area contributed by atoms with Crippen LogP contribution in [0.3, 0.4) is 0 Å². The van der Waals surface area contributed by atoms with E-state index in [1.807, 2.05) is 23.1 Å². The van der Waals surface area contributed by atoms with Gasteiger partial charge in [0.25, 0.3) is 5.91 Å². The van der Waals surface area contributed by atoms with Crippen LogP contribution in [-0.4, -0.2) is 86.0 Å². The van der Waals surface area contributed by atoms with Crippen LogP contribution >= 0.6 is 0 Å². The molecule has 1 aromatic carbocycles. The third-order valence-electron chi connectivity index (χ3n) is 6.61. The fourth-order valence-corrected chi connectivity index (χ4v) is 5.09. The van der Waals surface area contributed by atoms with Crippen LogP contribution in [0.5, 0.6) is 11.5 Å². The minimum absolute atomic E-state index is 0.0453. The molecule has 8 heteroatoms. The average molecular weight is 439 g/mol. The summed E-state index contributed by atoms with van der Waals surface area (Å²) in [6.07, 6.45) is 3.24. The Morgan fingerprint density at radius 1 is 1.09 bits per heavy atom. The number of carbonyl (C=O) groups is 2. The summed E-state index contributed by atoms with van der Waals surface area (Å²) in [7, 11) is 6.86. The number of benzene rings is 1. The van der Waals surface area contributed by atoms with E-state index in [1.165, 1.54) is 0 Å². The quantitative estimate of drug-likeness (QED) is 0.684. The molecule has 1 aromatic heterocycles. The molecule has 0 radical (unpaired) electrons. The number of fused-ring (bicyclic) bond motifs is 1. The van der Waals surface area contributed by atoms with Gasteiger partial charge in [0.2, 0.25) is 5.91 Å². The van der Waals surface area contributed by atoms with Crippen molar-refractivity contribution in [2.45, 2.75) is 6.54 Å². The molecule has 0 spiro atoms.